The fourth-order valence-electron chi connectivity index (χ4n) is 5.70. The molecule has 8 atom stereocenters. The van der Waals surface area contributed by atoms with Crippen molar-refractivity contribution in [2.24, 2.45) is 0 Å². The molecule has 0 aliphatic carbocycles. The van der Waals surface area contributed by atoms with Gasteiger partial charge in [0.05, 0.1) is 17.4 Å². The van der Waals surface area contributed by atoms with Crippen LogP contribution in [0.1, 0.15) is 37.4 Å². The molecule has 0 spiro atoms. The van der Waals surface area contributed by atoms with Gasteiger partial charge in [-0.1, -0.05) is 13.8 Å². The van der Waals surface area contributed by atoms with Crippen LogP contribution < -0.4 is 22.6 Å². The van der Waals surface area contributed by atoms with Gasteiger partial charge < -0.3 is 70.1 Å². The predicted octanol–water partition coefficient (Wildman–Crippen LogP) is -2.92. The van der Waals surface area contributed by atoms with Crippen LogP contribution in [0.25, 0.3) is 22.1 Å². The number of hydrogen-bond acceptors (Lipinski definition) is 15. The molecule has 2 fully saturated rings. The van der Waals surface area contributed by atoms with Crippen LogP contribution in [0.15, 0.2) is 22.0 Å². The zero-order valence-corrected chi connectivity index (χ0v) is 26.5. The van der Waals surface area contributed by atoms with Crippen molar-refractivity contribution < 1.29 is 54.1 Å². The van der Waals surface area contributed by atoms with Crippen LogP contribution in [0, 0.1) is 0 Å². The van der Waals surface area contributed by atoms with Crippen molar-refractivity contribution in [1.82, 2.24) is 29.1 Å². The molecule has 48 heavy (non-hydrogen) atoms. The minimum Gasteiger partial charge on any atom is -0.394 e. The van der Waals surface area contributed by atoms with E-state index in [1.165, 1.54) is 15.3 Å². The van der Waals surface area contributed by atoms with Gasteiger partial charge in [0.1, 0.15) is 30.5 Å². The van der Waals surface area contributed by atoms with Crippen LogP contribution in [0.4, 0.5) is 11.9 Å². The molecule has 6 heterocycles. The van der Waals surface area contributed by atoms with Gasteiger partial charge in [-0.25, -0.2) is 0 Å². The Balaban J connectivity index is 0.000000190. The van der Waals surface area contributed by atoms with E-state index in [9.17, 15) is 39.7 Å². The Labute approximate surface area is 269 Å². The molecule has 0 amide bonds. The third-order valence-electron chi connectivity index (χ3n) is 7.99. The molecule has 13 N–H and O–H groups in total. The first kappa shape index (κ1) is 35.6. The smallest absolute Gasteiger partial charge is 0.351 e. The van der Waals surface area contributed by atoms with Crippen molar-refractivity contribution in [3.63, 3.8) is 0 Å². The molecule has 264 valence electrons. The molecular formula is C26H37N8O13P. The Morgan fingerprint density at radius 1 is 0.833 bits per heavy atom. The molecule has 0 aromatic carbocycles. The summed E-state index contributed by atoms with van der Waals surface area (Å²) in [5, 5.41) is 50.2. The van der Waals surface area contributed by atoms with Gasteiger partial charge >= 0.3 is 7.60 Å². The van der Waals surface area contributed by atoms with Gasteiger partial charge in [-0.05, 0) is 24.0 Å². The quantitative estimate of drug-likeness (QED) is 0.0820. The van der Waals surface area contributed by atoms with Gasteiger partial charge in [0, 0.05) is 12.4 Å². The van der Waals surface area contributed by atoms with E-state index < -0.39 is 75.4 Å². The van der Waals surface area contributed by atoms with Crippen LogP contribution in [-0.4, -0.2) is 114 Å². The highest BCUT2D eigenvalue weighted by atomic mass is 31.2. The van der Waals surface area contributed by atoms with Gasteiger partial charge in [0.25, 0.3) is 11.1 Å². The van der Waals surface area contributed by atoms with E-state index in [1.807, 2.05) is 13.8 Å². The number of nitrogen functional groups attached to an aromatic ring is 2. The number of hydrogen-bond donors (Lipinski definition) is 11. The van der Waals surface area contributed by atoms with E-state index in [0.29, 0.717) is 23.8 Å². The third-order valence-corrected chi connectivity index (χ3v) is 8.47. The predicted molar refractivity (Wildman–Crippen MR) is 165 cm³/mol. The highest BCUT2D eigenvalue weighted by Gasteiger charge is 2.46. The van der Waals surface area contributed by atoms with Crippen molar-refractivity contribution >= 4 is 41.6 Å². The van der Waals surface area contributed by atoms with Crippen molar-refractivity contribution in [2.75, 3.05) is 24.4 Å². The lowest BCUT2D eigenvalue weighted by molar-refractivity contribution is -0.167. The summed E-state index contributed by atoms with van der Waals surface area (Å²) in [4.78, 5) is 55.0. The lowest BCUT2D eigenvalue weighted by Crippen LogP contribution is -2.33. The molecule has 2 saturated heterocycles. The van der Waals surface area contributed by atoms with E-state index >= 15 is 0 Å². The maximum absolute atomic E-state index is 12.2. The second-order valence-corrected chi connectivity index (χ2v) is 12.8. The number of H-pyrrole nitrogens is 2. The SMILES string of the molecule is CCc1cn([C@@H]2O[C@H](CO)C(O)[C@@H]2O)c2nc(N)[nH]c(=O)c12.CCc1cn([C@@H]2O[C@H](OCP(=O)(O)O)C(O)[C@@H]2O)c2nc(N)[nH]c(=O)c12. The lowest BCUT2D eigenvalue weighted by atomic mass is 10.1. The second kappa shape index (κ2) is 13.6. The number of ether oxygens (including phenoxy) is 3. The summed E-state index contributed by atoms with van der Waals surface area (Å²) in [5.41, 5.74) is 12.1. The van der Waals surface area contributed by atoms with Gasteiger partial charge in [0.15, 0.2) is 36.4 Å². The number of aromatic amines is 2. The van der Waals surface area contributed by atoms with E-state index in [-0.39, 0.29) is 34.1 Å². The summed E-state index contributed by atoms with van der Waals surface area (Å²) in [6.07, 6.45) is -6.77. The summed E-state index contributed by atoms with van der Waals surface area (Å²) in [7, 11) is -4.49. The Bertz CT molecular complexity index is 1950. The first-order valence-corrected chi connectivity index (χ1v) is 16.5. The number of aryl methyl sites for hydroxylation is 2. The zero-order valence-electron chi connectivity index (χ0n) is 25.6. The molecule has 21 nitrogen and oxygen atoms in total. The lowest BCUT2D eigenvalue weighted by Gasteiger charge is -2.17. The first-order chi connectivity index (χ1) is 22.6. The highest BCUT2D eigenvalue weighted by Crippen LogP contribution is 2.38. The molecule has 2 unspecified atom stereocenters. The van der Waals surface area contributed by atoms with Crippen molar-refractivity contribution in [2.45, 2.75) is 76.0 Å². The summed E-state index contributed by atoms with van der Waals surface area (Å²) in [5.74, 6) is -0.182. The molecule has 0 saturated carbocycles. The Hall–Kier alpha value is -3.73. The van der Waals surface area contributed by atoms with Gasteiger partial charge in [-0.2, -0.15) is 9.97 Å². The fourth-order valence-corrected chi connectivity index (χ4v) is 6.04. The van der Waals surface area contributed by atoms with Crippen LogP contribution in [0.5, 0.6) is 0 Å². The second-order valence-electron chi connectivity index (χ2n) is 11.2. The van der Waals surface area contributed by atoms with Crippen molar-refractivity contribution in [1.29, 1.82) is 0 Å². The number of nitrogens with two attached hydrogens (primary N) is 2. The number of aromatic nitrogens is 6. The topological polar surface area (TPSA) is 340 Å². The highest BCUT2D eigenvalue weighted by molar-refractivity contribution is 7.51. The van der Waals surface area contributed by atoms with Gasteiger partial charge in [-0.3, -0.25) is 24.1 Å². The molecule has 4 aromatic heterocycles. The monoisotopic (exact) mass is 700 g/mol. The summed E-state index contributed by atoms with van der Waals surface area (Å²) in [6.45, 7) is 3.28. The van der Waals surface area contributed by atoms with E-state index in [0.717, 1.165) is 5.56 Å². The molecule has 22 heteroatoms. The van der Waals surface area contributed by atoms with E-state index in [4.69, 9.17) is 35.5 Å². The third kappa shape index (κ3) is 6.62. The molecule has 4 aromatic rings. The molecule has 2 aliphatic heterocycles. The van der Waals surface area contributed by atoms with Crippen molar-refractivity contribution in [3.05, 3.63) is 44.2 Å². The van der Waals surface area contributed by atoms with Crippen LogP contribution in [-0.2, 0) is 31.6 Å². The van der Waals surface area contributed by atoms with Gasteiger partial charge in [0.2, 0.25) is 11.9 Å². The molecule has 0 radical (unpaired) electrons. The van der Waals surface area contributed by atoms with Crippen LogP contribution in [0.2, 0.25) is 0 Å². The number of nitrogens with zero attached hydrogens (tertiary/aromatic N) is 4. The molecule has 2 aliphatic rings. The average Bonchev–Trinajstić information content (AvgIpc) is 3.73. The number of nitrogens with one attached hydrogen (secondary N) is 2. The van der Waals surface area contributed by atoms with Crippen molar-refractivity contribution in [3.8, 4) is 0 Å². The summed E-state index contributed by atoms with van der Waals surface area (Å²) in [6, 6.07) is 0. The largest absolute Gasteiger partial charge is 0.394 e. The number of aliphatic hydroxyl groups excluding tert-OH is 5. The van der Waals surface area contributed by atoms with Crippen LogP contribution >= 0.6 is 7.60 Å². The standard InChI is InChI=1S/C13H19N4O8P.C13H18N4O5/c1-2-5-3-17(9-6(5)10(20)16-13(14)15-9)11-7(18)8(19)12(25-11)24-4-26(21,22)23;1-2-5-3-17(10-7(5)11(21)16-13(14)15-10)12-9(20)8(19)6(4-18)22-12/h3,7-8,11-12,18-19H,2,4H2,1H3,(H2,21,22,23)(H3,14,15,16,20);3,6,8-9,12,18-20H,2,4H2,1H3,(H3,14,15,16,21)/t7-,8?,11+,12-;6-,8?,9+,12-/m01/s1. The maximum atomic E-state index is 12.2. The summed E-state index contributed by atoms with van der Waals surface area (Å²) >= 11 is 0. The average molecular weight is 701 g/mol. The van der Waals surface area contributed by atoms with Crippen LogP contribution in [0.3, 0.4) is 0 Å². The Morgan fingerprint density at radius 2 is 1.29 bits per heavy atom. The zero-order chi connectivity index (χ0) is 35.2. The minimum atomic E-state index is -4.49. The molecule has 6 rings (SSSR count). The maximum Gasteiger partial charge on any atom is 0.351 e. The molecule has 0 bridgehead atoms. The fraction of sp³-hybridized carbons (Fsp3) is 0.538. The normalized spacial score (nSPS) is 27.5. The van der Waals surface area contributed by atoms with E-state index in [2.05, 4.69) is 19.9 Å². The molecular weight excluding hydrogens is 663 g/mol. The minimum absolute atomic E-state index is 0.0498. The number of aliphatic hydroxyl groups is 5. The Kier molecular flexibility index (Phi) is 10.1. The van der Waals surface area contributed by atoms with Gasteiger partial charge in [-0.15, -0.1) is 0 Å². The number of rotatable bonds is 8. The number of fused-ring (bicyclic) bond motifs is 2. The summed E-state index contributed by atoms with van der Waals surface area (Å²) < 4.78 is 29.5. The first-order valence-electron chi connectivity index (χ1n) is 14.7. The number of anilines is 2. The Morgan fingerprint density at radius 3 is 1.71 bits per heavy atom. The van der Waals surface area contributed by atoms with E-state index in [1.54, 1.807) is 6.20 Å².